The van der Waals surface area contributed by atoms with Gasteiger partial charge in [0.1, 0.15) is 5.82 Å². The van der Waals surface area contributed by atoms with E-state index < -0.39 is 0 Å². The topological polar surface area (TPSA) is 78.3 Å². The molecule has 0 spiro atoms. The summed E-state index contributed by atoms with van der Waals surface area (Å²) in [7, 11) is 3.17. The molecule has 3 aromatic rings. The normalized spacial score (nSPS) is 13.3. The summed E-state index contributed by atoms with van der Waals surface area (Å²) in [5, 5.41) is 11.7. The van der Waals surface area contributed by atoms with E-state index in [9.17, 15) is 4.79 Å². The van der Waals surface area contributed by atoms with E-state index in [0.29, 0.717) is 11.5 Å². The zero-order chi connectivity index (χ0) is 20.9. The van der Waals surface area contributed by atoms with Crippen LogP contribution >= 0.6 is 0 Å². The van der Waals surface area contributed by atoms with Gasteiger partial charge >= 0.3 is 0 Å². The van der Waals surface area contributed by atoms with Crippen LogP contribution in [0.2, 0.25) is 0 Å². The maximum Gasteiger partial charge on any atom is 0.228 e. The molecule has 156 valence electrons. The van der Waals surface area contributed by atoms with Gasteiger partial charge in [0.05, 0.1) is 20.6 Å². The number of nitrogens with one attached hydrogen (secondary N) is 1. The van der Waals surface area contributed by atoms with Gasteiger partial charge in [0.25, 0.3) is 0 Å². The van der Waals surface area contributed by atoms with Crippen molar-refractivity contribution in [3.8, 4) is 22.9 Å². The molecule has 2 heterocycles. The third-order valence-corrected chi connectivity index (χ3v) is 5.35. The molecule has 0 aliphatic carbocycles. The fourth-order valence-corrected chi connectivity index (χ4v) is 3.78. The molecular formula is C23H26N4O3. The van der Waals surface area contributed by atoms with E-state index in [1.54, 1.807) is 20.3 Å². The van der Waals surface area contributed by atoms with Crippen LogP contribution in [0, 0.1) is 0 Å². The van der Waals surface area contributed by atoms with Crippen molar-refractivity contribution in [1.82, 2.24) is 14.8 Å². The van der Waals surface area contributed by atoms with Gasteiger partial charge in [0.15, 0.2) is 17.3 Å². The van der Waals surface area contributed by atoms with E-state index in [0.717, 1.165) is 47.8 Å². The molecule has 0 saturated carbocycles. The number of carbonyl (C=O) groups is 1. The largest absolute Gasteiger partial charge is 0.493 e. The quantitative estimate of drug-likeness (QED) is 0.672. The zero-order valence-corrected chi connectivity index (χ0v) is 17.4. The lowest BCUT2D eigenvalue weighted by atomic mass is 10.1. The monoisotopic (exact) mass is 406 g/mol. The van der Waals surface area contributed by atoms with Crippen LogP contribution in [0.4, 0.5) is 5.69 Å². The summed E-state index contributed by atoms with van der Waals surface area (Å²) in [5.74, 6) is 3.12. The number of benzene rings is 2. The molecule has 0 atom stereocenters. The Labute approximate surface area is 176 Å². The van der Waals surface area contributed by atoms with Gasteiger partial charge in [-0.15, -0.1) is 10.2 Å². The van der Waals surface area contributed by atoms with Gasteiger partial charge in [-0.05, 0) is 54.8 Å². The van der Waals surface area contributed by atoms with Crippen molar-refractivity contribution in [3.05, 3.63) is 53.9 Å². The Hall–Kier alpha value is -3.35. The minimum atomic E-state index is -0.0914. The number of amides is 1. The van der Waals surface area contributed by atoms with Crippen LogP contribution in [-0.2, 0) is 24.2 Å². The second-order valence-corrected chi connectivity index (χ2v) is 7.39. The van der Waals surface area contributed by atoms with Crippen LogP contribution in [0.15, 0.2) is 42.5 Å². The minimum Gasteiger partial charge on any atom is -0.493 e. The Balaban J connectivity index is 1.43. The van der Waals surface area contributed by atoms with Gasteiger partial charge < -0.3 is 19.4 Å². The van der Waals surface area contributed by atoms with Crippen LogP contribution in [0.1, 0.15) is 30.7 Å². The van der Waals surface area contributed by atoms with Gasteiger partial charge in [-0.25, -0.2) is 0 Å². The number of hydrogen-bond acceptors (Lipinski definition) is 5. The average Bonchev–Trinajstić information content (AvgIpc) is 3.02. The second kappa shape index (κ2) is 8.98. The molecular weight excluding hydrogens is 380 g/mol. The Kier molecular flexibility index (Phi) is 5.97. The van der Waals surface area contributed by atoms with Crippen LogP contribution < -0.4 is 14.8 Å². The molecule has 0 saturated heterocycles. The Morgan fingerprint density at radius 1 is 1.00 bits per heavy atom. The number of rotatable bonds is 6. The lowest BCUT2D eigenvalue weighted by Gasteiger charge is -2.10. The standard InChI is InChI=1S/C23H26N4O3/c1-29-19-12-7-16(14-20(19)30-2)15-22(28)24-18-10-8-17(9-11-18)23-26-25-21-6-4-3-5-13-27(21)23/h7-12,14H,3-6,13,15H2,1-2H3,(H,24,28). The minimum absolute atomic E-state index is 0.0914. The first-order valence-electron chi connectivity index (χ1n) is 10.2. The number of aryl methyl sites for hydroxylation is 1. The summed E-state index contributed by atoms with van der Waals surface area (Å²) in [6.45, 7) is 0.960. The van der Waals surface area contributed by atoms with Crippen molar-refractivity contribution >= 4 is 11.6 Å². The first-order valence-corrected chi connectivity index (χ1v) is 10.2. The lowest BCUT2D eigenvalue weighted by Crippen LogP contribution is -2.14. The third kappa shape index (κ3) is 4.30. The van der Waals surface area contributed by atoms with Crippen LogP contribution in [0.3, 0.4) is 0 Å². The molecule has 1 N–H and O–H groups in total. The number of carbonyl (C=O) groups excluding carboxylic acids is 1. The molecule has 1 amide bonds. The van der Waals surface area contributed by atoms with Crippen molar-refractivity contribution in [2.45, 2.75) is 38.6 Å². The number of nitrogens with zero attached hydrogens (tertiary/aromatic N) is 3. The van der Waals surface area contributed by atoms with Gasteiger partial charge in [0.2, 0.25) is 5.91 Å². The van der Waals surface area contributed by atoms with E-state index in [-0.39, 0.29) is 12.3 Å². The summed E-state index contributed by atoms with van der Waals surface area (Å²) >= 11 is 0. The summed E-state index contributed by atoms with van der Waals surface area (Å²) in [6, 6.07) is 13.3. The SMILES string of the molecule is COc1ccc(CC(=O)Nc2ccc(-c3nnc4n3CCCCC4)cc2)cc1OC. The van der Waals surface area contributed by atoms with Crippen molar-refractivity contribution in [2.24, 2.45) is 0 Å². The summed E-state index contributed by atoms with van der Waals surface area (Å²) < 4.78 is 12.8. The molecule has 30 heavy (non-hydrogen) atoms. The molecule has 0 radical (unpaired) electrons. The molecule has 1 aliphatic heterocycles. The van der Waals surface area contributed by atoms with Crippen LogP contribution in [0.25, 0.3) is 11.4 Å². The number of ether oxygens (including phenoxy) is 2. The third-order valence-electron chi connectivity index (χ3n) is 5.35. The predicted octanol–water partition coefficient (Wildman–Crippen LogP) is 3.87. The van der Waals surface area contributed by atoms with Crippen molar-refractivity contribution in [3.63, 3.8) is 0 Å². The van der Waals surface area contributed by atoms with E-state index in [1.165, 1.54) is 12.8 Å². The van der Waals surface area contributed by atoms with E-state index in [2.05, 4.69) is 20.1 Å². The first kappa shape index (κ1) is 19.9. The zero-order valence-electron chi connectivity index (χ0n) is 17.4. The Bertz CT molecular complexity index is 1030. The van der Waals surface area contributed by atoms with E-state index >= 15 is 0 Å². The van der Waals surface area contributed by atoms with Gasteiger partial charge in [-0.3, -0.25) is 4.79 Å². The number of aromatic nitrogens is 3. The van der Waals surface area contributed by atoms with Gasteiger partial charge in [-0.2, -0.15) is 0 Å². The highest BCUT2D eigenvalue weighted by Crippen LogP contribution is 2.28. The number of fused-ring (bicyclic) bond motifs is 1. The first-order chi connectivity index (χ1) is 14.7. The molecule has 1 aromatic heterocycles. The summed E-state index contributed by atoms with van der Waals surface area (Å²) in [5.41, 5.74) is 2.61. The lowest BCUT2D eigenvalue weighted by molar-refractivity contribution is -0.115. The maximum absolute atomic E-state index is 12.5. The highest BCUT2D eigenvalue weighted by Gasteiger charge is 2.16. The summed E-state index contributed by atoms with van der Waals surface area (Å²) in [6.07, 6.45) is 4.79. The van der Waals surface area contributed by atoms with Crippen molar-refractivity contribution in [2.75, 3.05) is 19.5 Å². The molecule has 0 fully saturated rings. The molecule has 0 unspecified atom stereocenters. The fraction of sp³-hybridized carbons (Fsp3) is 0.348. The average molecular weight is 406 g/mol. The number of hydrogen-bond donors (Lipinski definition) is 1. The van der Waals surface area contributed by atoms with E-state index in [4.69, 9.17) is 9.47 Å². The summed E-state index contributed by atoms with van der Waals surface area (Å²) in [4.78, 5) is 12.5. The smallest absolute Gasteiger partial charge is 0.228 e. The second-order valence-electron chi connectivity index (χ2n) is 7.39. The molecule has 2 aromatic carbocycles. The molecule has 7 nitrogen and oxygen atoms in total. The highest BCUT2D eigenvalue weighted by atomic mass is 16.5. The Morgan fingerprint density at radius 2 is 1.80 bits per heavy atom. The van der Waals surface area contributed by atoms with Crippen molar-refractivity contribution < 1.29 is 14.3 Å². The van der Waals surface area contributed by atoms with Crippen LogP contribution in [0.5, 0.6) is 11.5 Å². The van der Waals surface area contributed by atoms with Crippen molar-refractivity contribution in [1.29, 1.82) is 0 Å². The fourth-order valence-electron chi connectivity index (χ4n) is 3.78. The molecule has 1 aliphatic rings. The predicted molar refractivity (Wildman–Crippen MR) is 115 cm³/mol. The highest BCUT2D eigenvalue weighted by molar-refractivity contribution is 5.92. The maximum atomic E-state index is 12.5. The Morgan fingerprint density at radius 3 is 2.57 bits per heavy atom. The van der Waals surface area contributed by atoms with Crippen LogP contribution in [-0.4, -0.2) is 34.9 Å². The van der Waals surface area contributed by atoms with Gasteiger partial charge in [-0.1, -0.05) is 12.5 Å². The van der Waals surface area contributed by atoms with E-state index in [1.807, 2.05) is 36.4 Å². The molecule has 0 bridgehead atoms. The molecule has 7 heteroatoms. The number of anilines is 1. The molecule has 4 rings (SSSR count). The number of methoxy groups -OCH3 is 2. The van der Waals surface area contributed by atoms with Gasteiger partial charge in [0, 0.05) is 24.2 Å².